The number of nitrogens with one attached hydrogen (secondary N) is 2. The van der Waals surface area contributed by atoms with Crippen LogP contribution in [0.2, 0.25) is 0 Å². The predicted octanol–water partition coefficient (Wildman–Crippen LogP) is 4.40. The van der Waals surface area contributed by atoms with Crippen LogP contribution in [0.1, 0.15) is 25.3 Å². The van der Waals surface area contributed by atoms with Crippen LogP contribution in [0.3, 0.4) is 0 Å². The van der Waals surface area contributed by atoms with Gasteiger partial charge >= 0.3 is 6.03 Å². The summed E-state index contributed by atoms with van der Waals surface area (Å²) in [7, 11) is 0. The molecule has 1 heterocycles. The zero-order valence-corrected chi connectivity index (χ0v) is 17.0. The number of urea groups is 1. The normalized spacial score (nSPS) is 19.4. The zero-order chi connectivity index (χ0) is 19.3. The average molecular weight is 430 g/mol. The molecule has 5 nitrogen and oxygen atoms in total. The van der Waals surface area contributed by atoms with E-state index >= 15 is 0 Å². The molecule has 27 heavy (non-hydrogen) atoms. The highest BCUT2D eigenvalue weighted by Gasteiger charge is 2.39. The van der Waals surface area contributed by atoms with Gasteiger partial charge in [-0.15, -0.1) is 0 Å². The molecule has 3 rings (SSSR count). The Hall–Kier alpha value is -2.34. The van der Waals surface area contributed by atoms with E-state index in [0.29, 0.717) is 19.6 Å². The molecule has 1 unspecified atom stereocenters. The van der Waals surface area contributed by atoms with E-state index in [4.69, 9.17) is 0 Å². The summed E-state index contributed by atoms with van der Waals surface area (Å²) in [5.74, 6) is -0.00695. The minimum Gasteiger partial charge on any atom is -0.351 e. The molecule has 2 aromatic carbocycles. The Labute approximate surface area is 168 Å². The second kappa shape index (κ2) is 8.57. The van der Waals surface area contributed by atoms with E-state index in [9.17, 15) is 9.59 Å². The summed E-state index contributed by atoms with van der Waals surface area (Å²) in [6, 6.07) is 17.1. The number of likely N-dealkylation sites (tertiary alicyclic amines) is 1. The van der Waals surface area contributed by atoms with Crippen molar-refractivity contribution in [3.8, 4) is 0 Å². The van der Waals surface area contributed by atoms with Crippen molar-refractivity contribution in [3.05, 3.63) is 64.6 Å². The Morgan fingerprint density at radius 1 is 1.11 bits per heavy atom. The first-order chi connectivity index (χ1) is 13.0. The lowest BCUT2D eigenvalue weighted by Gasteiger charge is -2.39. The smallest absolute Gasteiger partial charge is 0.321 e. The largest absolute Gasteiger partial charge is 0.351 e. The van der Waals surface area contributed by atoms with Gasteiger partial charge in [-0.25, -0.2) is 4.79 Å². The molecule has 0 spiro atoms. The first kappa shape index (κ1) is 19.4. The Morgan fingerprint density at radius 2 is 1.81 bits per heavy atom. The molecule has 1 atom stereocenters. The summed E-state index contributed by atoms with van der Waals surface area (Å²) in [4.78, 5) is 27.1. The first-order valence-corrected chi connectivity index (χ1v) is 9.89. The number of rotatable bonds is 4. The molecule has 142 valence electrons. The highest BCUT2D eigenvalue weighted by molar-refractivity contribution is 9.10. The van der Waals surface area contributed by atoms with Gasteiger partial charge in [0.05, 0.1) is 5.41 Å². The number of carbonyl (C=O) groups is 2. The van der Waals surface area contributed by atoms with Crippen molar-refractivity contribution < 1.29 is 9.59 Å². The molecule has 0 aliphatic carbocycles. The van der Waals surface area contributed by atoms with Gasteiger partial charge in [0.1, 0.15) is 0 Å². The molecular formula is C21H24BrN3O2. The van der Waals surface area contributed by atoms with Crippen LogP contribution in [0.4, 0.5) is 10.5 Å². The molecule has 0 saturated carbocycles. The summed E-state index contributed by atoms with van der Waals surface area (Å²) in [5.41, 5.74) is 1.23. The maximum absolute atomic E-state index is 12.8. The van der Waals surface area contributed by atoms with Crippen LogP contribution in [-0.2, 0) is 11.3 Å². The van der Waals surface area contributed by atoms with Crippen LogP contribution in [0, 0.1) is 5.41 Å². The molecule has 0 radical (unpaired) electrons. The van der Waals surface area contributed by atoms with Crippen LogP contribution < -0.4 is 10.6 Å². The number of nitrogens with zero attached hydrogens (tertiary/aromatic N) is 1. The van der Waals surface area contributed by atoms with Crippen molar-refractivity contribution in [2.45, 2.75) is 26.3 Å². The van der Waals surface area contributed by atoms with Gasteiger partial charge in [-0.1, -0.05) is 46.3 Å². The monoisotopic (exact) mass is 429 g/mol. The first-order valence-electron chi connectivity index (χ1n) is 9.10. The van der Waals surface area contributed by atoms with Crippen LogP contribution in [-0.4, -0.2) is 29.9 Å². The highest BCUT2D eigenvalue weighted by atomic mass is 79.9. The van der Waals surface area contributed by atoms with Crippen LogP contribution in [0.15, 0.2) is 59.1 Å². The van der Waals surface area contributed by atoms with Gasteiger partial charge in [-0.3, -0.25) is 4.79 Å². The Kier molecular flexibility index (Phi) is 6.16. The van der Waals surface area contributed by atoms with Crippen LogP contribution >= 0.6 is 15.9 Å². The van der Waals surface area contributed by atoms with E-state index in [-0.39, 0.29) is 11.9 Å². The summed E-state index contributed by atoms with van der Waals surface area (Å²) in [6.07, 6.45) is 1.58. The van der Waals surface area contributed by atoms with Crippen LogP contribution in [0.25, 0.3) is 0 Å². The molecule has 1 fully saturated rings. The van der Waals surface area contributed by atoms with Gasteiger partial charge in [0.2, 0.25) is 5.91 Å². The lowest BCUT2D eigenvalue weighted by Crippen LogP contribution is -2.52. The van der Waals surface area contributed by atoms with Gasteiger partial charge in [-0.2, -0.15) is 0 Å². The number of benzene rings is 2. The van der Waals surface area contributed by atoms with Crippen molar-refractivity contribution in [3.63, 3.8) is 0 Å². The molecule has 2 aromatic rings. The number of hydrogen-bond acceptors (Lipinski definition) is 2. The van der Waals surface area contributed by atoms with Crippen molar-refractivity contribution in [2.75, 3.05) is 18.4 Å². The van der Waals surface area contributed by atoms with E-state index in [1.807, 2.05) is 61.5 Å². The van der Waals surface area contributed by atoms with Crippen molar-refractivity contribution >= 4 is 33.6 Å². The third-order valence-electron chi connectivity index (χ3n) is 4.92. The second-order valence-electron chi connectivity index (χ2n) is 7.19. The molecule has 3 amide bonds. The molecular weight excluding hydrogens is 406 g/mol. The summed E-state index contributed by atoms with van der Waals surface area (Å²) in [5, 5.41) is 5.93. The maximum atomic E-state index is 12.8. The number of halogens is 1. The van der Waals surface area contributed by atoms with Gasteiger partial charge in [0.15, 0.2) is 0 Å². The number of carbonyl (C=O) groups excluding carboxylic acids is 2. The highest BCUT2D eigenvalue weighted by Crippen LogP contribution is 2.30. The Morgan fingerprint density at radius 3 is 2.52 bits per heavy atom. The van der Waals surface area contributed by atoms with Crippen molar-refractivity contribution in [1.82, 2.24) is 10.2 Å². The van der Waals surface area contributed by atoms with E-state index < -0.39 is 5.41 Å². The molecule has 6 heteroatoms. The number of amides is 3. The quantitative estimate of drug-likeness (QED) is 0.756. The number of piperidine rings is 1. The molecule has 0 aromatic heterocycles. The molecule has 1 aliphatic rings. The predicted molar refractivity (Wildman–Crippen MR) is 110 cm³/mol. The molecule has 2 N–H and O–H groups in total. The van der Waals surface area contributed by atoms with Gasteiger partial charge in [0.25, 0.3) is 0 Å². The van der Waals surface area contributed by atoms with E-state index in [0.717, 1.165) is 28.6 Å². The minimum absolute atomic E-state index is 0.00695. The Balaban J connectivity index is 1.58. The molecule has 1 aliphatic heterocycles. The second-order valence-corrected chi connectivity index (χ2v) is 8.11. The van der Waals surface area contributed by atoms with Gasteiger partial charge in [-0.05, 0) is 49.6 Å². The fourth-order valence-corrected chi connectivity index (χ4v) is 3.59. The third-order valence-corrected chi connectivity index (χ3v) is 5.45. The third kappa shape index (κ3) is 5.10. The standard InChI is InChI=1S/C21H24BrN3O2/c1-21(19(26)23-14-16-6-3-2-4-7-16)12-5-13-25(15-21)20(27)24-18-10-8-17(22)9-11-18/h2-4,6-11H,5,12-15H2,1H3,(H,23,26)(H,24,27). The van der Waals surface area contributed by atoms with Crippen LogP contribution in [0.5, 0.6) is 0 Å². The lowest BCUT2D eigenvalue weighted by atomic mass is 9.81. The van der Waals surface area contributed by atoms with E-state index in [1.165, 1.54) is 0 Å². The summed E-state index contributed by atoms with van der Waals surface area (Å²) in [6.45, 7) is 3.51. The number of hydrogen-bond donors (Lipinski definition) is 2. The van der Waals surface area contributed by atoms with Crippen molar-refractivity contribution in [2.24, 2.45) is 5.41 Å². The number of anilines is 1. The molecule has 1 saturated heterocycles. The zero-order valence-electron chi connectivity index (χ0n) is 15.4. The SMILES string of the molecule is CC1(C(=O)NCc2ccccc2)CCCN(C(=O)Nc2ccc(Br)cc2)C1. The fourth-order valence-electron chi connectivity index (χ4n) is 3.33. The average Bonchev–Trinajstić information content (AvgIpc) is 2.68. The topological polar surface area (TPSA) is 61.4 Å². The van der Waals surface area contributed by atoms with Crippen molar-refractivity contribution in [1.29, 1.82) is 0 Å². The van der Waals surface area contributed by atoms with Gasteiger partial charge < -0.3 is 15.5 Å². The van der Waals surface area contributed by atoms with E-state index in [1.54, 1.807) is 4.90 Å². The molecule has 0 bridgehead atoms. The van der Waals surface area contributed by atoms with Gasteiger partial charge in [0, 0.05) is 29.8 Å². The fraction of sp³-hybridized carbons (Fsp3) is 0.333. The maximum Gasteiger partial charge on any atom is 0.321 e. The summed E-state index contributed by atoms with van der Waals surface area (Å²) < 4.78 is 0.959. The van der Waals surface area contributed by atoms with E-state index in [2.05, 4.69) is 26.6 Å². The Bertz CT molecular complexity index is 795. The minimum atomic E-state index is -0.579. The summed E-state index contributed by atoms with van der Waals surface area (Å²) >= 11 is 3.38. The lowest BCUT2D eigenvalue weighted by molar-refractivity contribution is -0.132.